The molecule has 0 fully saturated rings. The molecular weight excluding hydrogens is 322 g/mol. The molecule has 0 radical (unpaired) electrons. The van der Waals surface area contributed by atoms with Crippen molar-refractivity contribution in [3.63, 3.8) is 0 Å². The molecule has 1 aromatic carbocycles. The van der Waals surface area contributed by atoms with E-state index in [9.17, 15) is 14.7 Å². The zero-order valence-corrected chi connectivity index (χ0v) is 14.8. The standard InChI is InChI=1S/C18H23N3O4/c1-18(24)9-12-14(16(22)20-19-12)13(15(18)17(23)25-4)10-5-7-11(8-6-10)21(2)3/h5-8,13,15,24H,9H2,1-4H3,(H2,19,20,22)/t13-,15-,18+/m0/s1. The summed E-state index contributed by atoms with van der Waals surface area (Å²) in [7, 11) is 5.17. The number of benzene rings is 1. The molecule has 0 saturated carbocycles. The van der Waals surface area contributed by atoms with Gasteiger partial charge in [0.2, 0.25) is 0 Å². The van der Waals surface area contributed by atoms with Gasteiger partial charge in [0.1, 0.15) is 0 Å². The number of carbonyl (C=O) groups excluding carboxylic acids is 1. The fourth-order valence-corrected chi connectivity index (χ4v) is 3.72. The quantitative estimate of drug-likeness (QED) is 0.721. The van der Waals surface area contributed by atoms with Gasteiger partial charge in [0.05, 0.1) is 18.6 Å². The number of hydrogen-bond donors (Lipinski definition) is 3. The van der Waals surface area contributed by atoms with Gasteiger partial charge < -0.3 is 19.8 Å². The van der Waals surface area contributed by atoms with Crippen molar-refractivity contribution in [2.45, 2.75) is 24.9 Å². The van der Waals surface area contributed by atoms with E-state index in [-0.39, 0.29) is 12.0 Å². The van der Waals surface area contributed by atoms with Crippen LogP contribution in [0.2, 0.25) is 0 Å². The summed E-state index contributed by atoms with van der Waals surface area (Å²) in [4.78, 5) is 26.8. The zero-order chi connectivity index (χ0) is 18.4. The summed E-state index contributed by atoms with van der Waals surface area (Å²) >= 11 is 0. The molecule has 0 unspecified atom stereocenters. The maximum Gasteiger partial charge on any atom is 0.312 e. The third-order valence-corrected chi connectivity index (χ3v) is 4.97. The van der Waals surface area contributed by atoms with Crippen molar-refractivity contribution in [3.8, 4) is 0 Å². The predicted octanol–water partition coefficient (Wildman–Crippen LogP) is 0.997. The third-order valence-electron chi connectivity index (χ3n) is 4.97. The number of esters is 1. The number of carbonyl (C=O) groups is 1. The van der Waals surface area contributed by atoms with Crippen LogP contribution in [0.3, 0.4) is 0 Å². The van der Waals surface area contributed by atoms with Crippen molar-refractivity contribution in [1.82, 2.24) is 10.2 Å². The van der Waals surface area contributed by atoms with Gasteiger partial charge in [-0.3, -0.25) is 14.7 Å². The van der Waals surface area contributed by atoms with E-state index in [1.165, 1.54) is 7.11 Å². The molecule has 7 heteroatoms. The smallest absolute Gasteiger partial charge is 0.312 e. The summed E-state index contributed by atoms with van der Waals surface area (Å²) in [6.07, 6.45) is 0.174. The summed E-state index contributed by atoms with van der Waals surface area (Å²) in [5.41, 5.74) is 1.28. The van der Waals surface area contributed by atoms with Crippen LogP contribution in [0.15, 0.2) is 29.1 Å². The number of aromatic nitrogens is 2. The molecule has 0 amide bonds. The third kappa shape index (κ3) is 2.84. The molecule has 2 aromatic rings. The first kappa shape index (κ1) is 17.3. The maximum absolute atomic E-state index is 12.5. The number of aliphatic hydroxyl groups is 1. The summed E-state index contributed by atoms with van der Waals surface area (Å²) in [6, 6.07) is 7.61. The SMILES string of the molecule is COC(=O)[C@@H]1[C@@H](c2ccc(N(C)C)cc2)c2c([nH][nH]c2=O)C[C@@]1(C)O. The molecule has 0 bridgehead atoms. The average molecular weight is 345 g/mol. The Labute approximate surface area is 145 Å². The molecule has 1 aliphatic rings. The maximum atomic E-state index is 12.5. The fourth-order valence-electron chi connectivity index (χ4n) is 3.72. The van der Waals surface area contributed by atoms with E-state index in [0.717, 1.165) is 11.3 Å². The minimum Gasteiger partial charge on any atom is -0.469 e. The van der Waals surface area contributed by atoms with Gasteiger partial charge in [-0.1, -0.05) is 12.1 Å². The summed E-state index contributed by atoms with van der Waals surface area (Å²) < 4.78 is 4.94. The lowest BCUT2D eigenvalue weighted by Gasteiger charge is -2.40. The van der Waals surface area contributed by atoms with E-state index in [4.69, 9.17) is 4.74 Å². The molecule has 3 atom stereocenters. The molecule has 3 N–H and O–H groups in total. The Balaban J connectivity index is 2.18. The molecule has 25 heavy (non-hydrogen) atoms. The zero-order valence-electron chi connectivity index (χ0n) is 14.8. The predicted molar refractivity (Wildman–Crippen MR) is 93.9 cm³/mol. The van der Waals surface area contributed by atoms with Gasteiger partial charge in [0, 0.05) is 43.4 Å². The number of methoxy groups -OCH3 is 1. The number of ether oxygens (including phenoxy) is 1. The molecule has 7 nitrogen and oxygen atoms in total. The molecular formula is C18H23N3O4. The van der Waals surface area contributed by atoms with Crippen LogP contribution >= 0.6 is 0 Å². The molecule has 0 saturated heterocycles. The van der Waals surface area contributed by atoms with Crippen molar-refractivity contribution in [3.05, 3.63) is 51.4 Å². The first-order valence-electron chi connectivity index (χ1n) is 8.13. The van der Waals surface area contributed by atoms with Crippen LogP contribution in [0.5, 0.6) is 0 Å². The molecule has 1 heterocycles. The van der Waals surface area contributed by atoms with Crippen molar-refractivity contribution in [1.29, 1.82) is 0 Å². The largest absolute Gasteiger partial charge is 0.469 e. The van der Waals surface area contributed by atoms with E-state index in [1.807, 2.05) is 43.3 Å². The monoisotopic (exact) mass is 345 g/mol. The Morgan fingerprint density at radius 1 is 1.28 bits per heavy atom. The number of nitrogens with zero attached hydrogens (tertiary/aromatic N) is 1. The van der Waals surface area contributed by atoms with Gasteiger partial charge in [-0.15, -0.1) is 0 Å². The minimum absolute atomic E-state index is 0.174. The van der Waals surface area contributed by atoms with E-state index < -0.39 is 23.4 Å². The highest BCUT2D eigenvalue weighted by molar-refractivity contribution is 5.77. The number of hydrogen-bond acceptors (Lipinski definition) is 5. The van der Waals surface area contributed by atoms with Gasteiger partial charge in [-0.05, 0) is 24.6 Å². The van der Waals surface area contributed by atoms with Crippen LogP contribution in [0.25, 0.3) is 0 Å². The topological polar surface area (TPSA) is 98.4 Å². The molecule has 1 aromatic heterocycles. The second kappa shape index (κ2) is 6.07. The van der Waals surface area contributed by atoms with E-state index in [2.05, 4.69) is 10.2 Å². The number of aromatic amines is 2. The lowest BCUT2D eigenvalue weighted by molar-refractivity contribution is -0.156. The van der Waals surface area contributed by atoms with Gasteiger partial charge in [-0.25, -0.2) is 0 Å². The average Bonchev–Trinajstić information content (AvgIpc) is 2.92. The van der Waals surface area contributed by atoms with Gasteiger partial charge in [0.25, 0.3) is 5.56 Å². The highest BCUT2D eigenvalue weighted by atomic mass is 16.5. The lowest BCUT2D eigenvalue weighted by Crippen LogP contribution is -2.49. The highest BCUT2D eigenvalue weighted by Crippen LogP contribution is 2.44. The number of H-pyrrole nitrogens is 2. The van der Waals surface area contributed by atoms with E-state index >= 15 is 0 Å². The summed E-state index contributed by atoms with van der Waals surface area (Å²) in [6.45, 7) is 1.60. The van der Waals surface area contributed by atoms with E-state index in [0.29, 0.717) is 11.3 Å². The highest BCUT2D eigenvalue weighted by Gasteiger charge is 2.51. The number of anilines is 1. The first-order chi connectivity index (χ1) is 11.8. The Hall–Kier alpha value is -2.54. The molecule has 0 spiro atoms. The van der Waals surface area contributed by atoms with Gasteiger partial charge in [0.15, 0.2) is 0 Å². The van der Waals surface area contributed by atoms with Crippen molar-refractivity contribution < 1.29 is 14.6 Å². The van der Waals surface area contributed by atoms with Gasteiger partial charge >= 0.3 is 5.97 Å². The van der Waals surface area contributed by atoms with Crippen LogP contribution in [0, 0.1) is 5.92 Å². The summed E-state index contributed by atoms with van der Waals surface area (Å²) in [5, 5.41) is 16.3. The Morgan fingerprint density at radius 3 is 2.48 bits per heavy atom. The van der Waals surface area contributed by atoms with Gasteiger partial charge in [-0.2, -0.15) is 0 Å². The number of nitrogens with one attached hydrogen (secondary N) is 2. The summed E-state index contributed by atoms with van der Waals surface area (Å²) in [5.74, 6) is -1.98. The minimum atomic E-state index is -1.34. The Bertz CT molecular complexity index is 833. The molecule has 0 aliphatic heterocycles. The van der Waals surface area contributed by atoms with Crippen LogP contribution in [-0.2, 0) is 16.0 Å². The van der Waals surface area contributed by atoms with Crippen molar-refractivity contribution in [2.24, 2.45) is 5.92 Å². The molecule has 1 aliphatic carbocycles. The number of fused-ring (bicyclic) bond motifs is 1. The molecule has 134 valence electrons. The van der Waals surface area contributed by atoms with Crippen molar-refractivity contribution in [2.75, 3.05) is 26.1 Å². The van der Waals surface area contributed by atoms with Crippen LogP contribution in [0.4, 0.5) is 5.69 Å². The normalized spacial score (nSPS) is 25.3. The second-order valence-corrected chi connectivity index (χ2v) is 6.97. The Morgan fingerprint density at radius 2 is 1.92 bits per heavy atom. The fraction of sp³-hybridized carbons (Fsp3) is 0.444. The molecule has 3 rings (SSSR count). The Kier molecular flexibility index (Phi) is 4.20. The number of rotatable bonds is 3. The second-order valence-electron chi connectivity index (χ2n) is 6.97. The van der Waals surface area contributed by atoms with Crippen LogP contribution in [-0.4, -0.2) is 48.1 Å². The lowest BCUT2D eigenvalue weighted by atomic mass is 9.66. The van der Waals surface area contributed by atoms with E-state index in [1.54, 1.807) is 6.92 Å². The van der Waals surface area contributed by atoms with Crippen LogP contribution < -0.4 is 10.5 Å². The van der Waals surface area contributed by atoms with Crippen molar-refractivity contribution >= 4 is 11.7 Å². The first-order valence-corrected chi connectivity index (χ1v) is 8.13. The van der Waals surface area contributed by atoms with Crippen LogP contribution in [0.1, 0.15) is 29.7 Å².